The normalized spacial score (nSPS) is 13.2. The van der Waals surface area contributed by atoms with Gasteiger partial charge in [-0.25, -0.2) is 0 Å². The maximum Gasteiger partial charge on any atom is 0.268 e. The van der Waals surface area contributed by atoms with Crippen LogP contribution >= 0.6 is 22.9 Å². The van der Waals surface area contributed by atoms with Crippen LogP contribution in [0.3, 0.4) is 0 Å². The lowest BCUT2D eigenvalue weighted by atomic mass is 9.96. The number of carbonyl (C=O) groups excluding carboxylic acids is 2. The Morgan fingerprint density at radius 1 is 1.19 bits per heavy atom. The van der Waals surface area contributed by atoms with Gasteiger partial charge in [-0.1, -0.05) is 11.6 Å². The van der Waals surface area contributed by atoms with Crippen LogP contribution in [-0.2, 0) is 24.2 Å². The second-order valence-electron chi connectivity index (χ2n) is 7.34. The summed E-state index contributed by atoms with van der Waals surface area (Å²) in [5.41, 5.74) is 2.06. The van der Waals surface area contributed by atoms with Crippen molar-refractivity contribution in [2.45, 2.75) is 32.2 Å². The largest absolute Gasteiger partial charge is 0.467 e. The third kappa shape index (κ3) is 4.93. The van der Waals surface area contributed by atoms with Gasteiger partial charge in [0.25, 0.3) is 5.91 Å². The van der Waals surface area contributed by atoms with Crippen LogP contribution < -0.4 is 10.6 Å². The molecule has 0 spiro atoms. The average molecular weight is 466 g/mol. The number of anilines is 1. The Kier molecular flexibility index (Phi) is 6.74. The molecule has 32 heavy (non-hydrogen) atoms. The third-order valence-electron chi connectivity index (χ3n) is 5.18. The summed E-state index contributed by atoms with van der Waals surface area (Å²) in [7, 11) is 0. The maximum atomic E-state index is 13.0. The minimum absolute atomic E-state index is 0.0617. The molecule has 162 valence electrons. The van der Waals surface area contributed by atoms with Crippen LogP contribution in [0.4, 0.5) is 5.00 Å². The van der Waals surface area contributed by atoms with Gasteiger partial charge < -0.3 is 15.1 Å². The number of nitrogens with one attached hydrogen (secondary N) is 2. The average Bonchev–Trinajstić information content (AvgIpc) is 3.44. The van der Waals surface area contributed by atoms with E-state index in [0.717, 1.165) is 36.1 Å². The maximum absolute atomic E-state index is 13.0. The molecule has 0 unspecified atom stereocenters. The van der Waals surface area contributed by atoms with Gasteiger partial charge in [0.2, 0.25) is 0 Å². The number of hydrogen-bond acceptors (Lipinski definition) is 6. The van der Waals surface area contributed by atoms with Crippen LogP contribution in [0.2, 0.25) is 5.02 Å². The first-order chi connectivity index (χ1) is 15.5. The van der Waals surface area contributed by atoms with Crippen LogP contribution in [0, 0.1) is 11.3 Å². The van der Waals surface area contributed by atoms with E-state index in [-0.39, 0.29) is 18.0 Å². The summed E-state index contributed by atoms with van der Waals surface area (Å²) in [6.45, 7) is 0.173. The Bertz CT molecular complexity index is 1200. The zero-order valence-electron chi connectivity index (χ0n) is 17.1. The molecule has 2 aromatic heterocycles. The molecule has 3 aromatic rings. The molecule has 0 saturated carbocycles. The van der Waals surface area contributed by atoms with Gasteiger partial charge in [-0.15, -0.1) is 11.3 Å². The summed E-state index contributed by atoms with van der Waals surface area (Å²) in [5.74, 6) is -0.234. The number of allylic oxidation sites excluding steroid dienone is 1. The fourth-order valence-electron chi connectivity index (χ4n) is 3.56. The van der Waals surface area contributed by atoms with E-state index >= 15 is 0 Å². The number of fused-ring (bicyclic) bond motifs is 1. The standard InChI is InChI=1S/C24H20ClN3O3S/c25-16-9-7-15(8-10-16)21(29)12-20(23(30)27-14-17-4-3-11-31-17)28-24-19(13-26)18-5-1-2-6-22(18)32-24/h3-4,7-12,28H,1-2,5-6,14H2,(H,27,30). The number of ketones is 1. The zero-order chi connectivity index (χ0) is 22.5. The predicted molar refractivity (Wildman–Crippen MR) is 124 cm³/mol. The van der Waals surface area contributed by atoms with Gasteiger partial charge in [0, 0.05) is 21.5 Å². The molecule has 8 heteroatoms. The molecule has 0 atom stereocenters. The number of halogens is 1. The van der Waals surface area contributed by atoms with Gasteiger partial charge in [0.15, 0.2) is 5.78 Å². The molecule has 1 amide bonds. The number of amides is 1. The van der Waals surface area contributed by atoms with Crippen molar-refractivity contribution in [2.24, 2.45) is 0 Å². The Morgan fingerprint density at radius 3 is 2.69 bits per heavy atom. The Balaban J connectivity index is 1.63. The molecule has 0 aliphatic heterocycles. The number of nitrogens with zero attached hydrogens (tertiary/aromatic N) is 1. The monoisotopic (exact) mass is 465 g/mol. The second kappa shape index (κ2) is 9.86. The molecular formula is C24H20ClN3O3S. The summed E-state index contributed by atoms with van der Waals surface area (Å²) in [6, 6.07) is 12.2. The molecule has 2 N–H and O–H groups in total. The lowest BCUT2D eigenvalue weighted by molar-refractivity contribution is -0.117. The van der Waals surface area contributed by atoms with E-state index in [1.165, 1.54) is 23.7 Å². The number of benzene rings is 1. The molecule has 1 aliphatic rings. The summed E-state index contributed by atoms with van der Waals surface area (Å²) in [5, 5.41) is 16.7. The van der Waals surface area contributed by atoms with Gasteiger partial charge in [-0.2, -0.15) is 5.26 Å². The van der Waals surface area contributed by atoms with Crippen molar-refractivity contribution < 1.29 is 14.0 Å². The molecule has 4 rings (SSSR count). The highest BCUT2D eigenvalue weighted by atomic mass is 35.5. The fraction of sp³-hybridized carbons (Fsp3) is 0.208. The van der Waals surface area contributed by atoms with E-state index in [4.69, 9.17) is 16.0 Å². The Labute approximate surface area is 194 Å². The minimum Gasteiger partial charge on any atom is -0.467 e. The number of rotatable bonds is 7. The topological polar surface area (TPSA) is 95.1 Å². The minimum atomic E-state index is -0.473. The van der Waals surface area contributed by atoms with E-state index < -0.39 is 5.91 Å². The van der Waals surface area contributed by atoms with Crippen LogP contribution in [0.25, 0.3) is 0 Å². The highest BCUT2D eigenvalue weighted by molar-refractivity contribution is 7.16. The smallest absolute Gasteiger partial charge is 0.268 e. The van der Waals surface area contributed by atoms with Gasteiger partial charge in [-0.05, 0) is 67.6 Å². The number of furan rings is 1. The second-order valence-corrected chi connectivity index (χ2v) is 8.88. The van der Waals surface area contributed by atoms with Crippen LogP contribution in [-0.4, -0.2) is 11.7 Å². The summed E-state index contributed by atoms with van der Waals surface area (Å²) >= 11 is 7.38. The van der Waals surface area contributed by atoms with Crippen molar-refractivity contribution >= 4 is 39.6 Å². The number of hydrogen-bond donors (Lipinski definition) is 2. The molecule has 0 saturated heterocycles. The van der Waals surface area contributed by atoms with Crippen molar-refractivity contribution in [1.29, 1.82) is 5.26 Å². The highest BCUT2D eigenvalue weighted by Gasteiger charge is 2.23. The summed E-state index contributed by atoms with van der Waals surface area (Å²) in [4.78, 5) is 27.0. The molecule has 2 heterocycles. The quantitative estimate of drug-likeness (QED) is 0.367. The van der Waals surface area contributed by atoms with E-state index in [1.54, 1.807) is 36.4 Å². The van der Waals surface area contributed by atoms with Crippen molar-refractivity contribution in [3.8, 4) is 6.07 Å². The van der Waals surface area contributed by atoms with Crippen molar-refractivity contribution in [3.05, 3.63) is 86.8 Å². The summed E-state index contributed by atoms with van der Waals surface area (Å²) in [6.07, 6.45) is 6.67. The molecule has 0 radical (unpaired) electrons. The Hall–Kier alpha value is -3.34. The zero-order valence-corrected chi connectivity index (χ0v) is 18.7. The molecule has 6 nitrogen and oxygen atoms in total. The number of aryl methyl sites for hydroxylation is 1. The van der Waals surface area contributed by atoms with Crippen LogP contribution in [0.5, 0.6) is 0 Å². The fourth-order valence-corrected chi connectivity index (χ4v) is 4.94. The first kappa shape index (κ1) is 21.9. The van der Waals surface area contributed by atoms with Gasteiger partial charge >= 0.3 is 0 Å². The van der Waals surface area contributed by atoms with E-state index in [0.29, 0.717) is 26.9 Å². The lowest BCUT2D eigenvalue weighted by Crippen LogP contribution is -2.28. The van der Waals surface area contributed by atoms with E-state index in [9.17, 15) is 14.9 Å². The van der Waals surface area contributed by atoms with E-state index in [2.05, 4.69) is 16.7 Å². The van der Waals surface area contributed by atoms with Crippen molar-refractivity contribution in [2.75, 3.05) is 5.32 Å². The SMILES string of the molecule is N#Cc1c(NC(=CC(=O)c2ccc(Cl)cc2)C(=O)NCc2ccco2)sc2c1CCCC2. The van der Waals surface area contributed by atoms with Crippen molar-refractivity contribution in [1.82, 2.24) is 5.32 Å². The lowest BCUT2D eigenvalue weighted by Gasteiger charge is -2.11. The molecule has 1 aliphatic carbocycles. The van der Waals surface area contributed by atoms with Crippen molar-refractivity contribution in [3.63, 3.8) is 0 Å². The summed E-state index contributed by atoms with van der Waals surface area (Å²) < 4.78 is 5.26. The Morgan fingerprint density at radius 2 is 1.97 bits per heavy atom. The molecule has 1 aromatic carbocycles. The van der Waals surface area contributed by atoms with Crippen LogP contribution in [0.15, 0.2) is 58.9 Å². The predicted octanol–water partition coefficient (Wildman–Crippen LogP) is 5.24. The highest BCUT2D eigenvalue weighted by Crippen LogP contribution is 2.38. The van der Waals surface area contributed by atoms with Crippen LogP contribution in [0.1, 0.15) is 45.0 Å². The molecule has 0 fully saturated rings. The molecule has 0 bridgehead atoms. The number of thiophene rings is 1. The van der Waals surface area contributed by atoms with Gasteiger partial charge in [-0.3, -0.25) is 9.59 Å². The first-order valence-electron chi connectivity index (χ1n) is 10.2. The first-order valence-corrected chi connectivity index (χ1v) is 11.4. The van der Waals surface area contributed by atoms with Gasteiger partial charge in [0.05, 0.1) is 18.4 Å². The number of nitriles is 1. The van der Waals surface area contributed by atoms with E-state index in [1.807, 2.05) is 0 Å². The third-order valence-corrected chi connectivity index (χ3v) is 6.64. The molecular weight excluding hydrogens is 446 g/mol. The number of carbonyl (C=O) groups is 2. The van der Waals surface area contributed by atoms with Gasteiger partial charge in [0.1, 0.15) is 22.5 Å².